The molecular weight excluding hydrogens is 546 g/mol. The molecule has 2 aromatic heterocycles. The summed E-state index contributed by atoms with van der Waals surface area (Å²) in [6.45, 7) is 10.8. The molecule has 6 atom stereocenters. The van der Waals surface area contributed by atoms with E-state index in [9.17, 15) is 9.59 Å². The first kappa shape index (κ1) is 26.7. The van der Waals surface area contributed by atoms with E-state index in [0.29, 0.717) is 43.4 Å². The van der Waals surface area contributed by atoms with Crippen molar-refractivity contribution in [3.05, 3.63) is 47.5 Å². The van der Waals surface area contributed by atoms with Gasteiger partial charge in [-0.1, -0.05) is 32.4 Å². The second-order valence-corrected chi connectivity index (χ2v) is 14.0. The van der Waals surface area contributed by atoms with Gasteiger partial charge < -0.3 is 24.9 Å². The smallest absolute Gasteiger partial charge is 0.413 e. The van der Waals surface area contributed by atoms with Crippen LogP contribution < -0.4 is 16.1 Å². The molecule has 8 rings (SSSR count). The molecule has 1 saturated heterocycles. The van der Waals surface area contributed by atoms with Crippen molar-refractivity contribution in [2.45, 2.75) is 83.0 Å². The summed E-state index contributed by atoms with van der Waals surface area (Å²) in [5.74, 6) is 2.03. The van der Waals surface area contributed by atoms with E-state index < -0.39 is 11.7 Å². The largest absolute Gasteiger partial charge is 0.436 e. The fourth-order valence-corrected chi connectivity index (χ4v) is 8.48. The first-order valence-electron chi connectivity index (χ1n) is 15.5. The molecule has 6 aliphatic rings. The van der Waals surface area contributed by atoms with Crippen LogP contribution in [-0.4, -0.2) is 61.9 Å². The van der Waals surface area contributed by atoms with Crippen LogP contribution in [0.2, 0.25) is 0 Å². The predicted molar refractivity (Wildman–Crippen MR) is 158 cm³/mol. The quantitative estimate of drug-likeness (QED) is 0.455. The van der Waals surface area contributed by atoms with Gasteiger partial charge in [-0.2, -0.15) is 5.10 Å². The third kappa shape index (κ3) is 3.87. The highest BCUT2D eigenvalue weighted by Crippen LogP contribution is 2.56. The van der Waals surface area contributed by atoms with Crippen LogP contribution in [-0.2, 0) is 22.3 Å². The van der Waals surface area contributed by atoms with Gasteiger partial charge in [-0.05, 0) is 37.0 Å². The minimum Gasteiger partial charge on any atom is -0.436 e. The molecule has 0 radical (unpaired) electrons. The van der Waals surface area contributed by atoms with E-state index in [1.807, 2.05) is 11.1 Å². The second kappa shape index (κ2) is 9.03. The van der Waals surface area contributed by atoms with Gasteiger partial charge in [0.2, 0.25) is 0 Å². The van der Waals surface area contributed by atoms with E-state index in [1.54, 1.807) is 12.4 Å². The van der Waals surface area contributed by atoms with E-state index in [2.05, 4.69) is 75.7 Å². The van der Waals surface area contributed by atoms with Crippen molar-refractivity contribution in [3.63, 3.8) is 0 Å². The highest BCUT2D eigenvalue weighted by Gasteiger charge is 2.55. The zero-order valence-corrected chi connectivity index (χ0v) is 25.1. The van der Waals surface area contributed by atoms with E-state index >= 15 is 0 Å². The van der Waals surface area contributed by atoms with Gasteiger partial charge >= 0.3 is 12.1 Å². The maximum atomic E-state index is 14.0. The van der Waals surface area contributed by atoms with E-state index in [0.717, 1.165) is 25.2 Å². The summed E-state index contributed by atoms with van der Waals surface area (Å²) in [5.41, 5.74) is 5.61. The maximum absolute atomic E-state index is 14.0. The minimum atomic E-state index is -0.887. The number of fused-ring (bicyclic) bond motifs is 6. The molecule has 4 unspecified atom stereocenters. The van der Waals surface area contributed by atoms with Crippen LogP contribution in [0, 0.1) is 23.2 Å². The van der Waals surface area contributed by atoms with E-state index in [4.69, 9.17) is 9.72 Å². The molecule has 4 aliphatic heterocycles. The third-order valence-electron chi connectivity index (χ3n) is 11.6. The number of amides is 3. The molecule has 1 spiro atoms. The van der Waals surface area contributed by atoms with E-state index in [1.165, 1.54) is 11.3 Å². The van der Waals surface area contributed by atoms with Crippen molar-refractivity contribution in [1.29, 1.82) is 0 Å². The van der Waals surface area contributed by atoms with Crippen LogP contribution in [0.3, 0.4) is 0 Å². The molecule has 2 fully saturated rings. The Balaban J connectivity index is 1.10. The fraction of sp³-hybridized carbons (Fsp3) is 0.613. The summed E-state index contributed by atoms with van der Waals surface area (Å²) >= 11 is 0. The Morgan fingerprint density at radius 2 is 1.88 bits per heavy atom. The molecule has 226 valence electrons. The number of imidazole rings is 1. The molecule has 2 aliphatic carbocycles. The van der Waals surface area contributed by atoms with Gasteiger partial charge in [0.1, 0.15) is 11.5 Å². The van der Waals surface area contributed by atoms with Gasteiger partial charge in [0.05, 0.1) is 12.1 Å². The van der Waals surface area contributed by atoms with Crippen LogP contribution in [0.5, 0.6) is 0 Å². The molecule has 0 bridgehead atoms. The Hall–Kier alpha value is -3.96. The van der Waals surface area contributed by atoms with Crippen molar-refractivity contribution in [3.8, 4) is 0 Å². The standard InChI is InChI=1S/C31H39N9O3/c1-17-13-30(4)18(2)23(26-34-15-21(29(3)5-6-29)40(26)16-20(30)19-14-35-38-22(17)19)36-27(41)39-11-7-31(8-12-39)24-25(33-10-9-32-24)37-28(42)43-31/h9-10,13-15,18-20,22-23,38H,5-8,11-12,16H2,1-4H3,(H,36,41)(H,33,37,42)/t18-,19?,20?,22?,23+,30?/m0/s1. The lowest BCUT2D eigenvalue weighted by Gasteiger charge is -2.48. The highest BCUT2D eigenvalue weighted by molar-refractivity contribution is 5.87. The molecule has 3 N–H and O–H groups in total. The Bertz CT molecular complexity index is 1570. The van der Waals surface area contributed by atoms with Crippen molar-refractivity contribution >= 4 is 24.2 Å². The molecule has 3 amide bonds. The Kier molecular flexibility index (Phi) is 5.59. The number of ether oxygens (including phenoxy) is 1. The summed E-state index contributed by atoms with van der Waals surface area (Å²) < 4.78 is 8.24. The lowest BCUT2D eigenvalue weighted by Crippen LogP contribution is -2.54. The summed E-state index contributed by atoms with van der Waals surface area (Å²) in [6.07, 6.45) is 12.4. The number of hydrogen-bond donors (Lipinski definition) is 3. The Morgan fingerprint density at radius 3 is 2.65 bits per heavy atom. The number of piperidine rings is 1. The Morgan fingerprint density at radius 1 is 1.12 bits per heavy atom. The van der Waals surface area contributed by atoms with Gasteiger partial charge in [-0.3, -0.25) is 10.3 Å². The summed E-state index contributed by atoms with van der Waals surface area (Å²) in [6, 6.07) is -0.187. The van der Waals surface area contributed by atoms with Crippen LogP contribution in [0.1, 0.15) is 76.6 Å². The average Bonchev–Trinajstić information content (AvgIpc) is 3.37. The number of aromatic nitrogens is 4. The molecule has 12 nitrogen and oxygen atoms in total. The first-order chi connectivity index (χ1) is 20.6. The molecule has 2 aromatic rings. The van der Waals surface area contributed by atoms with Gasteiger partial charge in [0.15, 0.2) is 11.4 Å². The van der Waals surface area contributed by atoms with Gasteiger partial charge in [-0.25, -0.2) is 19.6 Å². The SMILES string of the molecule is CC1=CC2(C)C(Cn3c(C4(C)CC4)cnc3[C@H](NC(=O)N3CCC4(CC3)OC(=O)Nc3nccnc34)[C@@H]2C)C2C=NNC12. The van der Waals surface area contributed by atoms with Gasteiger partial charge in [0.25, 0.3) is 0 Å². The lowest BCUT2D eigenvalue weighted by atomic mass is 9.57. The maximum Gasteiger partial charge on any atom is 0.413 e. The number of carbonyl (C=O) groups excluding carboxylic acids is 2. The number of likely N-dealkylation sites (tertiary alicyclic amines) is 1. The first-order valence-corrected chi connectivity index (χ1v) is 15.5. The summed E-state index contributed by atoms with van der Waals surface area (Å²) in [4.78, 5) is 42.0. The fourth-order valence-electron chi connectivity index (χ4n) is 8.48. The number of urea groups is 1. The number of hydrazone groups is 1. The molecule has 1 saturated carbocycles. The second-order valence-electron chi connectivity index (χ2n) is 14.0. The summed E-state index contributed by atoms with van der Waals surface area (Å²) in [7, 11) is 0. The van der Waals surface area contributed by atoms with Crippen LogP contribution in [0.15, 0.2) is 35.3 Å². The number of nitrogens with one attached hydrogen (secondary N) is 3. The zero-order valence-electron chi connectivity index (χ0n) is 25.1. The number of hydrogen-bond acceptors (Lipinski definition) is 8. The average molecular weight is 586 g/mol. The molecule has 43 heavy (non-hydrogen) atoms. The van der Waals surface area contributed by atoms with Crippen molar-refractivity contribution < 1.29 is 14.3 Å². The number of nitrogens with zero attached hydrogens (tertiary/aromatic N) is 6. The molecule has 6 heterocycles. The van der Waals surface area contributed by atoms with Crippen LogP contribution >= 0.6 is 0 Å². The minimum absolute atomic E-state index is 0.0820. The topological polar surface area (TPSA) is 139 Å². The monoisotopic (exact) mass is 585 g/mol. The number of carbonyl (C=O) groups is 2. The predicted octanol–water partition coefficient (Wildman–Crippen LogP) is 3.83. The van der Waals surface area contributed by atoms with Crippen molar-refractivity contribution in [2.24, 2.45) is 28.3 Å². The van der Waals surface area contributed by atoms with Crippen LogP contribution in [0.4, 0.5) is 15.4 Å². The van der Waals surface area contributed by atoms with E-state index in [-0.39, 0.29) is 40.8 Å². The van der Waals surface area contributed by atoms with Crippen molar-refractivity contribution in [1.82, 2.24) is 35.2 Å². The van der Waals surface area contributed by atoms with Gasteiger partial charge in [-0.15, -0.1) is 0 Å². The Labute approximate surface area is 250 Å². The number of allylic oxidation sites excluding steroid dienone is 1. The number of anilines is 1. The lowest BCUT2D eigenvalue weighted by molar-refractivity contribution is -0.0343. The molecule has 12 heteroatoms. The normalized spacial score (nSPS) is 34.3. The van der Waals surface area contributed by atoms with Crippen molar-refractivity contribution in [2.75, 3.05) is 18.4 Å². The molecular formula is C31H39N9O3. The third-order valence-corrected chi connectivity index (χ3v) is 11.6. The van der Waals surface area contributed by atoms with Crippen LogP contribution in [0.25, 0.3) is 0 Å². The molecule has 0 aromatic carbocycles. The zero-order chi connectivity index (χ0) is 29.7. The summed E-state index contributed by atoms with van der Waals surface area (Å²) in [5, 5.41) is 10.6. The highest BCUT2D eigenvalue weighted by atomic mass is 16.6. The van der Waals surface area contributed by atoms with Gasteiger partial charge in [0, 0.05) is 74.3 Å². The number of rotatable bonds is 2.